The van der Waals surface area contributed by atoms with E-state index < -0.39 is 18.6 Å². The standard InChI is InChI=1S/C15H11F4NO3/c1-22-14-5-12(13(16)6-20-14)11-3-2-10(4-9(11)7-21)23-8-15(17,18)19/h2-7H,8H2,1H3. The molecular weight excluding hydrogens is 318 g/mol. The molecule has 0 saturated carbocycles. The molecule has 1 aromatic heterocycles. The lowest BCUT2D eigenvalue weighted by Gasteiger charge is -2.12. The summed E-state index contributed by atoms with van der Waals surface area (Å²) in [5.41, 5.74) is 0.218. The number of alkyl halides is 3. The second-order valence-corrected chi connectivity index (χ2v) is 4.48. The van der Waals surface area contributed by atoms with Crippen LogP contribution in [-0.2, 0) is 0 Å². The topological polar surface area (TPSA) is 48.4 Å². The molecule has 0 atom stereocenters. The minimum atomic E-state index is -4.50. The molecule has 8 heteroatoms. The van der Waals surface area contributed by atoms with Gasteiger partial charge in [-0.3, -0.25) is 4.79 Å². The summed E-state index contributed by atoms with van der Waals surface area (Å²) < 4.78 is 59.8. The molecule has 0 radical (unpaired) electrons. The number of aromatic nitrogens is 1. The first kappa shape index (κ1) is 16.7. The number of methoxy groups -OCH3 is 1. The Balaban J connectivity index is 2.39. The largest absolute Gasteiger partial charge is 0.484 e. The molecule has 4 nitrogen and oxygen atoms in total. The third-order valence-electron chi connectivity index (χ3n) is 2.88. The lowest BCUT2D eigenvalue weighted by Crippen LogP contribution is -2.19. The number of benzene rings is 1. The van der Waals surface area contributed by atoms with Gasteiger partial charge in [0, 0.05) is 17.2 Å². The van der Waals surface area contributed by atoms with Crippen molar-refractivity contribution in [1.29, 1.82) is 0 Å². The predicted molar refractivity (Wildman–Crippen MR) is 73.1 cm³/mol. The first-order valence-corrected chi connectivity index (χ1v) is 6.32. The van der Waals surface area contributed by atoms with E-state index in [9.17, 15) is 22.4 Å². The molecule has 0 aliphatic rings. The summed E-state index contributed by atoms with van der Waals surface area (Å²) in [6.45, 7) is -1.48. The molecule has 23 heavy (non-hydrogen) atoms. The highest BCUT2D eigenvalue weighted by Crippen LogP contribution is 2.30. The van der Waals surface area contributed by atoms with E-state index in [4.69, 9.17) is 4.74 Å². The van der Waals surface area contributed by atoms with E-state index in [0.29, 0.717) is 6.29 Å². The summed E-state index contributed by atoms with van der Waals surface area (Å²) in [5.74, 6) is -0.705. The summed E-state index contributed by atoms with van der Waals surface area (Å²) in [6, 6.07) is 4.92. The number of rotatable bonds is 5. The van der Waals surface area contributed by atoms with Gasteiger partial charge in [-0.2, -0.15) is 13.2 Å². The summed E-state index contributed by atoms with van der Waals surface area (Å²) in [6.07, 6.45) is -3.16. The number of carbonyl (C=O) groups excluding carboxylic acids is 1. The molecule has 0 N–H and O–H groups in total. The molecule has 0 saturated heterocycles. The Labute approximate surface area is 128 Å². The van der Waals surface area contributed by atoms with E-state index >= 15 is 0 Å². The van der Waals surface area contributed by atoms with Crippen LogP contribution in [0.25, 0.3) is 11.1 Å². The van der Waals surface area contributed by atoms with Gasteiger partial charge in [-0.1, -0.05) is 0 Å². The molecule has 2 rings (SSSR count). The van der Waals surface area contributed by atoms with Gasteiger partial charge in [0.05, 0.1) is 13.3 Å². The molecule has 0 spiro atoms. The second-order valence-electron chi connectivity index (χ2n) is 4.48. The normalized spacial score (nSPS) is 11.2. The van der Waals surface area contributed by atoms with E-state index in [1.165, 1.54) is 25.3 Å². The summed E-state index contributed by atoms with van der Waals surface area (Å²) in [7, 11) is 1.35. The molecule has 1 aromatic carbocycles. The van der Waals surface area contributed by atoms with Crippen molar-refractivity contribution >= 4 is 6.29 Å². The molecule has 0 bridgehead atoms. The predicted octanol–water partition coefficient (Wildman–Crippen LogP) is 3.65. The molecular formula is C15H11F4NO3. The highest BCUT2D eigenvalue weighted by atomic mass is 19.4. The Bertz CT molecular complexity index is 716. The molecule has 1 heterocycles. The molecule has 0 aliphatic heterocycles. The molecule has 2 aromatic rings. The monoisotopic (exact) mass is 329 g/mol. The molecule has 122 valence electrons. The maximum Gasteiger partial charge on any atom is 0.422 e. The molecule has 0 amide bonds. The van der Waals surface area contributed by atoms with Gasteiger partial charge in [-0.05, 0) is 23.8 Å². The van der Waals surface area contributed by atoms with Crippen molar-refractivity contribution < 1.29 is 31.8 Å². The number of carbonyl (C=O) groups is 1. The van der Waals surface area contributed by atoms with Gasteiger partial charge < -0.3 is 9.47 Å². The van der Waals surface area contributed by atoms with E-state index in [2.05, 4.69) is 9.72 Å². The Morgan fingerprint density at radius 2 is 1.96 bits per heavy atom. The first-order valence-electron chi connectivity index (χ1n) is 6.32. The van der Waals surface area contributed by atoms with Gasteiger partial charge in [-0.15, -0.1) is 0 Å². The lowest BCUT2D eigenvalue weighted by molar-refractivity contribution is -0.153. The van der Waals surface area contributed by atoms with Crippen LogP contribution in [0.5, 0.6) is 11.6 Å². The number of halogens is 4. The average Bonchev–Trinajstić information content (AvgIpc) is 2.52. The third kappa shape index (κ3) is 4.18. The maximum absolute atomic E-state index is 13.9. The van der Waals surface area contributed by atoms with E-state index in [-0.39, 0.29) is 28.3 Å². The second kappa shape index (κ2) is 6.64. The number of hydrogen-bond donors (Lipinski definition) is 0. The fraction of sp³-hybridized carbons (Fsp3) is 0.200. The van der Waals surface area contributed by atoms with Crippen LogP contribution in [0.1, 0.15) is 10.4 Å². The van der Waals surface area contributed by atoms with Gasteiger partial charge >= 0.3 is 6.18 Å². The van der Waals surface area contributed by atoms with Crippen LogP contribution in [-0.4, -0.2) is 31.2 Å². The zero-order chi connectivity index (χ0) is 17.0. The van der Waals surface area contributed by atoms with Crippen LogP contribution in [0, 0.1) is 5.82 Å². The highest BCUT2D eigenvalue weighted by molar-refractivity contribution is 5.88. The number of aldehydes is 1. The zero-order valence-corrected chi connectivity index (χ0v) is 11.9. The number of hydrogen-bond acceptors (Lipinski definition) is 4. The van der Waals surface area contributed by atoms with Gasteiger partial charge in [0.1, 0.15) is 11.6 Å². The SMILES string of the molecule is COc1cc(-c2ccc(OCC(F)(F)F)cc2C=O)c(F)cn1. The van der Waals surface area contributed by atoms with Gasteiger partial charge in [0.25, 0.3) is 0 Å². The van der Waals surface area contributed by atoms with E-state index in [1.54, 1.807) is 0 Å². The quantitative estimate of drug-likeness (QED) is 0.621. The maximum atomic E-state index is 13.9. The van der Waals surface area contributed by atoms with Gasteiger partial charge in [0.15, 0.2) is 12.9 Å². The highest BCUT2D eigenvalue weighted by Gasteiger charge is 2.28. The van der Waals surface area contributed by atoms with Crippen LogP contribution in [0.3, 0.4) is 0 Å². The minimum absolute atomic E-state index is 0.0168. The summed E-state index contributed by atoms with van der Waals surface area (Å²) in [5, 5.41) is 0. The van der Waals surface area contributed by atoms with Crippen LogP contribution in [0.15, 0.2) is 30.5 Å². The zero-order valence-electron chi connectivity index (χ0n) is 11.9. The van der Waals surface area contributed by atoms with Crippen molar-refractivity contribution in [2.45, 2.75) is 6.18 Å². The van der Waals surface area contributed by atoms with E-state index in [0.717, 1.165) is 12.3 Å². The van der Waals surface area contributed by atoms with Crippen molar-refractivity contribution in [2.24, 2.45) is 0 Å². The first-order chi connectivity index (χ1) is 10.8. The average molecular weight is 329 g/mol. The summed E-state index contributed by atoms with van der Waals surface area (Å²) >= 11 is 0. The van der Waals surface area contributed by atoms with Crippen molar-refractivity contribution in [3.63, 3.8) is 0 Å². The fourth-order valence-corrected chi connectivity index (χ4v) is 1.88. The molecule has 0 fully saturated rings. The molecule has 0 aliphatic carbocycles. The Kier molecular flexibility index (Phi) is 4.83. The van der Waals surface area contributed by atoms with Crippen molar-refractivity contribution in [2.75, 3.05) is 13.7 Å². The Morgan fingerprint density at radius 3 is 2.57 bits per heavy atom. The third-order valence-corrected chi connectivity index (χ3v) is 2.88. The fourth-order valence-electron chi connectivity index (χ4n) is 1.88. The van der Waals surface area contributed by atoms with E-state index in [1.807, 2.05) is 0 Å². The van der Waals surface area contributed by atoms with Crippen LogP contribution < -0.4 is 9.47 Å². The van der Waals surface area contributed by atoms with Crippen molar-refractivity contribution in [3.8, 4) is 22.8 Å². The Morgan fingerprint density at radius 1 is 1.22 bits per heavy atom. The lowest BCUT2D eigenvalue weighted by atomic mass is 10.0. The number of ether oxygens (including phenoxy) is 2. The smallest absolute Gasteiger partial charge is 0.422 e. The van der Waals surface area contributed by atoms with Crippen LogP contribution in [0.4, 0.5) is 17.6 Å². The molecule has 0 unspecified atom stereocenters. The van der Waals surface area contributed by atoms with Crippen LogP contribution >= 0.6 is 0 Å². The van der Waals surface area contributed by atoms with Crippen molar-refractivity contribution in [3.05, 3.63) is 41.8 Å². The summed E-state index contributed by atoms with van der Waals surface area (Å²) in [4.78, 5) is 14.8. The van der Waals surface area contributed by atoms with Gasteiger partial charge in [0.2, 0.25) is 5.88 Å². The number of pyridine rings is 1. The Hall–Kier alpha value is -2.64. The van der Waals surface area contributed by atoms with Crippen LogP contribution in [0.2, 0.25) is 0 Å². The minimum Gasteiger partial charge on any atom is -0.484 e. The van der Waals surface area contributed by atoms with Gasteiger partial charge in [-0.25, -0.2) is 9.37 Å². The van der Waals surface area contributed by atoms with Crippen molar-refractivity contribution in [1.82, 2.24) is 4.98 Å². The number of nitrogens with zero attached hydrogens (tertiary/aromatic N) is 1.